The molecule has 0 aliphatic heterocycles. The lowest BCUT2D eigenvalue weighted by atomic mass is 10.3. The van der Waals surface area contributed by atoms with Gasteiger partial charge < -0.3 is 10.6 Å². The predicted molar refractivity (Wildman–Crippen MR) is 84.5 cm³/mol. The molecule has 0 aliphatic rings. The molecule has 1 aromatic rings. The van der Waals surface area contributed by atoms with Crippen molar-refractivity contribution in [3.63, 3.8) is 0 Å². The van der Waals surface area contributed by atoms with Gasteiger partial charge in [-0.05, 0) is 18.7 Å². The van der Waals surface area contributed by atoms with E-state index in [1.165, 1.54) is 0 Å². The first kappa shape index (κ1) is 19.0. The topological polar surface area (TPSA) is 130 Å². The molecule has 0 unspecified atom stereocenters. The van der Waals surface area contributed by atoms with Crippen molar-refractivity contribution in [3.8, 4) is 0 Å². The maximum absolute atomic E-state index is 12.0. The summed E-state index contributed by atoms with van der Waals surface area (Å²) in [6.07, 6.45) is 0.0122. The highest BCUT2D eigenvalue weighted by Gasteiger charge is 2.15. The van der Waals surface area contributed by atoms with Crippen molar-refractivity contribution in [1.29, 1.82) is 0 Å². The Labute approximate surface area is 134 Å². The summed E-state index contributed by atoms with van der Waals surface area (Å²) in [5, 5.41) is 16.2. The lowest BCUT2D eigenvalue weighted by Gasteiger charge is -2.08. The number of amides is 1. The van der Waals surface area contributed by atoms with Crippen molar-refractivity contribution in [2.75, 3.05) is 26.2 Å². The van der Waals surface area contributed by atoms with Gasteiger partial charge in [0.1, 0.15) is 0 Å². The zero-order valence-electron chi connectivity index (χ0n) is 12.7. The third kappa shape index (κ3) is 6.72. The van der Waals surface area contributed by atoms with Crippen LogP contribution in [0.2, 0.25) is 0 Å². The van der Waals surface area contributed by atoms with Crippen LogP contribution in [-0.4, -0.2) is 45.4 Å². The third-order valence-corrected chi connectivity index (χ3v) is 4.35. The second kappa shape index (κ2) is 9.18. The fourth-order valence-electron chi connectivity index (χ4n) is 1.68. The molecule has 0 saturated carbocycles. The quantitative estimate of drug-likeness (QED) is 0.311. The summed E-state index contributed by atoms with van der Waals surface area (Å²) in [5.74, 6) is -0.255. The molecule has 0 bridgehead atoms. The van der Waals surface area contributed by atoms with Crippen LogP contribution in [0.4, 0.5) is 5.69 Å². The minimum atomic E-state index is -3.79. The number of nitrogens with one attached hydrogen (secondary N) is 3. The maximum Gasteiger partial charge on any atom is 0.269 e. The molecule has 0 aromatic heterocycles. The molecule has 1 rings (SSSR count). The summed E-state index contributed by atoms with van der Waals surface area (Å²) in [7, 11) is -3.79. The first-order valence-electron chi connectivity index (χ1n) is 7.08. The van der Waals surface area contributed by atoms with Crippen molar-refractivity contribution in [1.82, 2.24) is 15.4 Å². The Hall–Kier alpha value is -2.04. The number of carbonyl (C=O) groups is 1. The van der Waals surface area contributed by atoms with Gasteiger partial charge in [0.2, 0.25) is 15.9 Å². The monoisotopic (exact) mass is 344 g/mol. The van der Waals surface area contributed by atoms with Crippen LogP contribution in [0.5, 0.6) is 0 Å². The van der Waals surface area contributed by atoms with E-state index >= 15 is 0 Å². The summed E-state index contributed by atoms with van der Waals surface area (Å²) >= 11 is 0. The SMILES string of the molecule is CCNCCNC(=O)CCNS(=O)(=O)c1ccc([N+](=O)[O-])cc1. The number of benzene rings is 1. The summed E-state index contributed by atoms with van der Waals surface area (Å²) in [5.41, 5.74) is -0.191. The lowest BCUT2D eigenvalue weighted by Crippen LogP contribution is -2.34. The number of sulfonamides is 1. The number of non-ortho nitro benzene ring substituents is 1. The summed E-state index contributed by atoms with van der Waals surface area (Å²) in [4.78, 5) is 21.3. The van der Waals surface area contributed by atoms with Crippen LogP contribution in [0.15, 0.2) is 29.2 Å². The van der Waals surface area contributed by atoms with Crippen LogP contribution in [0.1, 0.15) is 13.3 Å². The van der Waals surface area contributed by atoms with Gasteiger partial charge in [0.05, 0.1) is 9.82 Å². The number of nitro benzene ring substituents is 1. The van der Waals surface area contributed by atoms with Crippen LogP contribution in [0, 0.1) is 10.1 Å². The second-order valence-corrected chi connectivity index (χ2v) is 6.37. The van der Waals surface area contributed by atoms with E-state index in [1.807, 2.05) is 6.92 Å². The Morgan fingerprint density at radius 2 is 1.83 bits per heavy atom. The molecule has 0 radical (unpaired) electrons. The average Bonchev–Trinajstić information content (AvgIpc) is 2.51. The van der Waals surface area contributed by atoms with E-state index in [1.54, 1.807) is 0 Å². The van der Waals surface area contributed by atoms with E-state index in [4.69, 9.17) is 0 Å². The molecule has 0 fully saturated rings. The fraction of sp³-hybridized carbons (Fsp3) is 0.462. The molecule has 10 heteroatoms. The number of carbonyl (C=O) groups excluding carboxylic acids is 1. The largest absolute Gasteiger partial charge is 0.355 e. The highest BCUT2D eigenvalue weighted by molar-refractivity contribution is 7.89. The molecular formula is C13H20N4O5S. The maximum atomic E-state index is 12.0. The summed E-state index contributed by atoms with van der Waals surface area (Å²) in [6.45, 7) is 3.84. The van der Waals surface area contributed by atoms with E-state index in [2.05, 4.69) is 15.4 Å². The molecule has 0 heterocycles. The number of nitro groups is 1. The molecule has 23 heavy (non-hydrogen) atoms. The van der Waals surface area contributed by atoms with Crippen molar-refractivity contribution < 1.29 is 18.1 Å². The van der Waals surface area contributed by atoms with E-state index < -0.39 is 14.9 Å². The number of hydrogen-bond donors (Lipinski definition) is 3. The van der Waals surface area contributed by atoms with Crippen LogP contribution in [0.25, 0.3) is 0 Å². The van der Waals surface area contributed by atoms with Gasteiger partial charge in [0, 0.05) is 38.2 Å². The smallest absolute Gasteiger partial charge is 0.269 e. The molecule has 3 N–H and O–H groups in total. The van der Waals surface area contributed by atoms with Crippen molar-refractivity contribution in [3.05, 3.63) is 34.4 Å². The summed E-state index contributed by atoms with van der Waals surface area (Å²) < 4.78 is 26.2. The standard InChI is InChI=1S/C13H20N4O5S/c1-2-14-9-10-15-13(18)7-8-16-23(21,22)12-5-3-11(4-6-12)17(19)20/h3-6,14,16H,2,7-10H2,1H3,(H,15,18). The molecule has 1 aromatic carbocycles. The first-order valence-corrected chi connectivity index (χ1v) is 8.56. The van der Waals surface area contributed by atoms with Crippen LogP contribution >= 0.6 is 0 Å². The predicted octanol–water partition coefficient (Wildman–Crippen LogP) is -0.0111. The molecule has 0 atom stereocenters. The van der Waals surface area contributed by atoms with Gasteiger partial charge >= 0.3 is 0 Å². The number of likely N-dealkylation sites (N-methyl/N-ethyl adjacent to an activating group) is 1. The van der Waals surface area contributed by atoms with Gasteiger partial charge in [-0.3, -0.25) is 14.9 Å². The Morgan fingerprint density at radius 3 is 2.39 bits per heavy atom. The van der Waals surface area contributed by atoms with Crippen LogP contribution in [-0.2, 0) is 14.8 Å². The second-order valence-electron chi connectivity index (χ2n) is 4.60. The van der Waals surface area contributed by atoms with E-state index in [0.29, 0.717) is 13.1 Å². The summed E-state index contributed by atoms with van der Waals surface area (Å²) in [6, 6.07) is 4.53. The van der Waals surface area contributed by atoms with Crippen molar-refractivity contribution in [2.24, 2.45) is 0 Å². The molecule has 0 saturated heterocycles. The fourth-order valence-corrected chi connectivity index (χ4v) is 2.72. The Bertz CT molecular complexity index is 630. The number of rotatable bonds is 10. The zero-order valence-corrected chi connectivity index (χ0v) is 13.6. The Kier molecular flexibility index (Phi) is 7.59. The molecule has 9 nitrogen and oxygen atoms in total. The number of hydrogen-bond acceptors (Lipinski definition) is 6. The van der Waals surface area contributed by atoms with Gasteiger partial charge in [-0.25, -0.2) is 13.1 Å². The average molecular weight is 344 g/mol. The van der Waals surface area contributed by atoms with Crippen LogP contribution in [0.3, 0.4) is 0 Å². The Balaban J connectivity index is 2.43. The molecular weight excluding hydrogens is 324 g/mol. The molecule has 0 aliphatic carbocycles. The van der Waals surface area contributed by atoms with Crippen LogP contribution < -0.4 is 15.4 Å². The highest BCUT2D eigenvalue weighted by atomic mass is 32.2. The molecule has 128 valence electrons. The Morgan fingerprint density at radius 1 is 1.17 bits per heavy atom. The number of nitrogens with zero attached hydrogens (tertiary/aromatic N) is 1. The molecule has 1 amide bonds. The third-order valence-electron chi connectivity index (χ3n) is 2.88. The van der Waals surface area contributed by atoms with E-state index in [9.17, 15) is 23.3 Å². The highest BCUT2D eigenvalue weighted by Crippen LogP contribution is 2.15. The van der Waals surface area contributed by atoms with Gasteiger partial charge in [0.25, 0.3) is 5.69 Å². The van der Waals surface area contributed by atoms with Crippen molar-refractivity contribution in [2.45, 2.75) is 18.2 Å². The molecule has 0 spiro atoms. The van der Waals surface area contributed by atoms with Gasteiger partial charge in [0.15, 0.2) is 0 Å². The minimum absolute atomic E-state index is 0.0122. The zero-order chi connectivity index (χ0) is 17.3. The lowest BCUT2D eigenvalue weighted by molar-refractivity contribution is -0.384. The van der Waals surface area contributed by atoms with E-state index in [-0.39, 0.29) is 29.5 Å². The van der Waals surface area contributed by atoms with Crippen molar-refractivity contribution >= 4 is 21.6 Å². The van der Waals surface area contributed by atoms with E-state index in [0.717, 1.165) is 30.8 Å². The minimum Gasteiger partial charge on any atom is -0.355 e. The first-order chi connectivity index (χ1) is 10.9. The normalized spacial score (nSPS) is 11.2. The van der Waals surface area contributed by atoms with Gasteiger partial charge in [-0.15, -0.1) is 0 Å². The van der Waals surface area contributed by atoms with Gasteiger partial charge in [-0.2, -0.15) is 0 Å². The van der Waals surface area contributed by atoms with Gasteiger partial charge in [-0.1, -0.05) is 6.92 Å².